The van der Waals surface area contributed by atoms with E-state index >= 15 is 0 Å². The van der Waals surface area contributed by atoms with Gasteiger partial charge in [-0.15, -0.1) is 0 Å². The van der Waals surface area contributed by atoms with Crippen molar-refractivity contribution in [2.24, 2.45) is 5.73 Å². The van der Waals surface area contributed by atoms with Crippen molar-refractivity contribution < 1.29 is 13.6 Å². The minimum Gasteiger partial charge on any atom is -0.368 e. The number of halogens is 2. The number of amides is 1. The molecule has 0 fully saturated rings. The van der Waals surface area contributed by atoms with Gasteiger partial charge in [0.25, 0.3) is 5.56 Å². The van der Waals surface area contributed by atoms with E-state index in [0.29, 0.717) is 5.69 Å². The summed E-state index contributed by atoms with van der Waals surface area (Å²) in [7, 11) is 0. The van der Waals surface area contributed by atoms with Crippen LogP contribution >= 0.6 is 0 Å². The molecule has 3 aromatic heterocycles. The number of nitrogens with zero attached hydrogens (tertiary/aromatic N) is 5. The van der Waals surface area contributed by atoms with Crippen LogP contribution in [0.5, 0.6) is 0 Å². The fourth-order valence-electron chi connectivity index (χ4n) is 2.73. The van der Waals surface area contributed by atoms with Crippen molar-refractivity contribution in [2.75, 3.05) is 11.4 Å². The highest BCUT2D eigenvalue weighted by atomic mass is 19.3. The van der Waals surface area contributed by atoms with E-state index in [1.165, 1.54) is 42.9 Å². The van der Waals surface area contributed by atoms with E-state index in [4.69, 9.17) is 5.73 Å². The Kier molecular flexibility index (Phi) is 5.62. The van der Waals surface area contributed by atoms with E-state index in [0.717, 1.165) is 9.47 Å². The SMILES string of the molecule is Cc1cnc(N(CC(F)(F)c2ccccn2)c2ccccn2)c(=O)n1CC(N)=O. The number of anilines is 2. The molecule has 0 aliphatic carbocycles. The average molecular weight is 400 g/mol. The van der Waals surface area contributed by atoms with E-state index in [9.17, 15) is 18.4 Å². The topological polar surface area (TPSA) is 107 Å². The number of nitrogens with two attached hydrogens (primary N) is 1. The lowest BCUT2D eigenvalue weighted by Crippen LogP contribution is -2.39. The second-order valence-electron chi connectivity index (χ2n) is 6.27. The third-order valence-electron chi connectivity index (χ3n) is 4.13. The Labute approximate surface area is 164 Å². The van der Waals surface area contributed by atoms with E-state index < -0.39 is 36.2 Å². The summed E-state index contributed by atoms with van der Waals surface area (Å²) in [6.45, 7) is 0.241. The summed E-state index contributed by atoms with van der Waals surface area (Å²) < 4.78 is 31.0. The van der Waals surface area contributed by atoms with Gasteiger partial charge in [0.15, 0.2) is 0 Å². The molecule has 10 heteroatoms. The van der Waals surface area contributed by atoms with Crippen LogP contribution in [-0.2, 0) is 17.3 Å². The van der Waals surface area contributed by atoms with Crippen LogP contribution in [0.2, 0.25) is 0 Å². The molecule has 8 nitrogen and oxygen atoms in total. The normalized spacial score (nSPS) is 11.3. The first-order valence-electron chi connectivity index (χ1n) is 8.62. The van der Waals surface area contributed by atoms with Crippen LogP contribution in [0.15, 0.2) is 59.8 Å². The highest BCUT2D eigenvalue weighted by Crippen LogP contribution is 2.31. The van der Waals surface area contributed by atoms with Crippen LogP contribution in [0.25, 0.3) is 0 Å². The van der Waals surface area contributed by atoms with Crippen molar-refractivity contribution in [1.82, 2.24) is 19.5 Å². The molecule has 0 spiro atoms. The molecule has 3 aromatic rings. The van der Waals surface area contributed by atoms with Gasteiger partial charge < -0.3 is 5.73 Å². The molecule has 0 saturated heterocycles. The fraction of sp³-hybridized carbons (Fsp3) is 0.211. The number of primary amides is 1. The molecule has 0 aliphatic heterocycles. The lowest BCUT2D eigenvalue weighted by molar-refractivity contribution is -0.118. The maximum Gasteiger partial charge on any atom is 0.307 e. The van der Waals surface area contributed by atoms with Crippen LogP contribution < -0.4 is 16.2 Å². The number of hydrogen-bond donors (Lipinski definition) is 1. The zero-order chi connectivity index (χ0) is 21.0. The predicted octanol–water partition coefficient (Wildman–Crippen LogP) is 1.76. The van der Waals surface area contributed by atoms with Gasteiger partial charge in [0.2, 0.25) is 11.7 Å². The molecular formula is C19H18F2N6O2. The van der Waals surface area contributed by atoms with Crippen LogP contribution in [0.1, 0.15) is 11.4 Å². The van der Waals surface area contributed by atoms with E-state index in [-0.39, 0.29) is 11.6 Å². The number of carbonyl (C=O) groups excluding carboxylic acids is 1. The molecule has 0 saturated carbocycles. The first kappa shape index (κ1) is 20.1. The third-order valence-corrected chi connectivity index (χ3v) is 4.13. The summed E-state index contributed by atoms with van der Waals surface area (Å²) in [6.07, 6.45) is 3.99. The molecule has 0 aromatic carbocycles. The summed E-state index contributed by atoms with van der Waals surface area (Å²) >= 11 is 0. The van der Waals surface area contributed by atoms with E-state index in [1.54, 1.807) is 19.1 Å². The Morgan fingerprint density at radius 1 is 1.14 bits per heavy atom. The fourth-order valence-corrected chi connectivity index (χ4v) is 2.73. The van der Waals surface area contributed by atoms with Gasteiger partial charge >= 0.3 is 5.92 Å². The molecule has 3 heterocycles. The molecule has 0 radical (unpaired) electrons. The van der Waals surface area contributed by atoms with Crippen LogP contribution in [0.4, 0.5) is 20.4 Å². The summed E-state index contributed by atoms with van der Waals surface area (Å²) in [4.78, 5) is 37.1. The van der Waals surface area contributed by atoms with Gasteiger partial charge in [-0.2, -0.15) is 8.78 Å². The number of rotatable bonds is 7. The summed E-state index contributed by atoms with van der Waals surface area (Å²) in [5.41, 5.74) is 4.39. The van der Waals surface area contributed by atoms with Crippen molar-refractivity contribution >= 4 is 17.5 Å². The summed E-state index contributed by atoms with van der Waals surface area (Å²) in [6, 6.07) is 8.88. The van der Waals surface area contributed by atoms with Gasteiger partial charge in [0.1, 0.15) is 18.1 Å². The Balaban J connectivity index is 2.11. The molecular weight excluding hydrogens is 382 g/mol. The van der Waals surface area contributed by atoms with Gasteiger partial charge in [0.05, 0.1) is 6.54 Å². The minimum atomic E-state index is -3.41. The first-order valence-corrected chi connectivity index (χ1v) is 8.62. The van der Waals surface area contributed by atoms with Crippen molar-refractivity contribution in [3.63, 3.8) is 0 Å². The summed E-state index contributed by atoms with van der Waals surface area (Å²) in [5, 5.41) is 0. The molecule has 3 rings (SSSR count). The second kappa shape index (κ2) is 8.13. The molecule has 150 valence electrons. The van der Waals surface area contributed by atoms with Crippen LogP contribution in [0, 0.1) is 6.92 Å². The second-order valence-corrected chi connectivity index (χ2v) is 6.27. The van der Waals surface area contributed by atoms with Crippen LogP contribution in [0.3, 0.4) is 0 Å². The van der Waals surface area contributed by atoms with Crippen molar-refractivity contribution in [3.05, 3.63) is 76.7 Å². The highest BCUT2D eigenvalue weighted by Gasteiger charge is 2.37. The Morgan fingerprint density at radius 2 is 1.83 bits per heavy atom. The van der Waals surface area contributed by atoms with Gasteiger partial charge in [-0.3, -0.25) is 24.0 Å². The van der Waals surface area contributed by atoms with Crippen molar-refractivity contribution in [3.8, 4) is 0 Å². The minimum absolute atomic E-state index is 0.0992. The largest absolute Gasteiger partial charge is 0.368 e. The highest BCUT2D eigenvalue weighted by molar-refractivity contribution is 5.73. The lowest BCUT2D eigenvalue weighted by atomic mass is 10.2. The Morgan fingerprint density at radius 3 is 2.41 bits per heavy atom. The quantitative estimate of drug-likeness (QED) is 0.648. The number of pyridine rings is 2. The van der Waals surface area contributed by atoms with Crippen LogP contribution in [-0.4, -0.2) is 32.0 Å². The zero-order valence-electron chi connectivity index (χ0n) is 15.5. The van der Waals surface area contributed by atoms with Gasteiger partial charge in [-0.05, 0) is 31.2 Å². The lowest BCUT2D eigenvalue weighted by Gasteiger charge is -2.27. The number of carbonyl (C=O) groups is 1. The van der Waals surface area contributed by atoms with E-state index in [1.807, 2.05) is 0 Å². The number of hydrogen-bond acceptors (Lipinski definition) is 6. The predicted molar refractivity (Wildman–Crippen MR) is 102 cm³/mol. The van der Waals surface area contributed by atoms with E-state index in [2.05, 4.69) is 15.0 Å². The number of aryl methyl sites for hydroxylation is 1. The number of alkyl halides is 2. The van der Waals surface area contributed by atoms with Gasteiger partial charge in [0, 0.05) is 24.3 Å². The monoisotopic (exact) mass is 400 g/mol. The molecule has 1 amide bonds. The van der Waals surface area contributed by atoms with Gasteiger partial charge in [-0.1, -0.05) is 12.1 Å². The molecule has 0 atom stereocenters. The Bertz CT molecular complexity index is 1060. The molecule has 0 unspecified atom stereocenters. The molecule has 29 heavy (non-hydrogen) atoms. The maximum absolute atomic E-state index is 15.0. The standard InChI is InChI=1S/C19H18F2N6O2/c1-13-10-25-17(18(29)26(13)11-15(22)28)27(16-7-3-5-9-24-16)12-19(20,21)14-6-2-4-8-23-14/h2-10H,11-12H2,1H3,(H2,22,28). The Hall–Kier alpha value is -3.69. The number of aromatic nitrogens is 4. The maximum atomic E-state index is 15.0. The molecule has 2 N–H and O–H groups in total. The first-order chi connectivity index (χ1) is 13.8. The molecule has 0 aliphatic rings. The third kappa shape index (κ3) is 4.42. The van der Waals surface area contributed by atoms with Gasteiger partial charge in [-0.25, -0.2) is 9.97 Å². The smallest absolute Gasteiger partial charge is 0.307 e. The average Bonchev–Trinajstić information content (AvgIpc) is 2.71. The van der Waals surface area contributed by atoms with Crippen molar-refractivity contribution in [1.29, 1.82) is 0 Å². The van der Waals surface area contributed by atoms with Crippen molar-refractivity contribution in [2.45, 2.75) is 19.4 Å². The zero-order valence-corrected chi connectivity index (χ0v) is 15.5. The summed E-state index contributed by atoms with van der Waals surface area (Å²) in [5.74, 6) is -4.35. The molecule has 0 bridgehead atoms.